The van der Waals surface area contributed by atoms with E-state index in [1.807, 2.05) is 26.2 Å². The number of aromatic nitrogens is 2. The standard InChI is InChI=1S/C13H19N5O2S/c1-13(2,3)9-5-10(18-20-9)17-11(19)15-6-8-7-21-12(14-4)16-8/h5,7H,6H2,1-4H3,(H,14,16)(H2,15,17,18,19). The Hall–Kier alpha value is -2.09. The zero-order valence-electron chi connectivity index (χ0n) is 12.5. The number of nitrogens with zero attached hydrogens (tertiary/aromatic N) is 2. The summed E-state index contributed by atoms with van der Waals surface area (Å²) in [7, 11) is 1.81. The summed E-state index contributed by atoms with van der Waals surface area (Å²) in [6.07, 6.45) is 0. The number of rotatable bonds is 4. The van der Waals surface area contributed by atoms with Crippen molar-refractivity contribution in [1.82, 2.24) is 15.5 Å². The minimum absolute atomic E-state index is 0.145. The molecule has 8 heteroatoms. The molecule has 0 unspecified atom stereocenters. The van der Waals surface area contributed by atoms with Crippen LogP contribution in [0.1, 0.15) is 32.2 Å². The number of anilines is 2. The van der Waals surface area contributed by atoms with E-state index in [-0.39, 0.29) is 11.4 Å². The second kappa shape index (κ2) is 6.13. The fourth-order valence-corrected chi connectivity index (χ4v) is 2.19. The molecule has 0 radical (unpaired) electrons. The Bertz CT molecular complexity index is 614. The summed E-state index contributed by atoms with van der Waals surface area (Å²) in [5.41, 5.74) is 0.656. The van der Waals surface area contributed by atoms with Crippen LogP contribution in [0.15, 0.2) is 16.0 Å². The van der Waals surface area contributed by atoms with Crippen LogP contribution in [0.25, 0.3) is 0 Å². The van der Waals surface area contributed by atoms with Gasteiger partial charge in [-0.2, -0.15) is 0 Å². The van der Waals surface area contributed by atoms with Crippen LogP contribution in [0.3, 0.4) is 0 Å². The molecule has 0 aromatic carbocycles. The molecule has 0 aliphatic carbocycles. The first kappa shape index (κ1) is 15.3. The third-order valence-corrected chi connectivity index (χ3v) is 3.60. The summed E-state index contributed by atoms with van der Waals surface area (Å²) in [5, 5.41) is 14.8. The lowest BCUT2D eigenvalue weighted by atomic mass is 9.93. The van der Waals surface area contributed by atoms with Crippen molar-refractivity contribution in [3.05, 3.63) is 22.9 Å². The Labute approximate surface area is 127 Å². The van der Waals surface area contributed by atoms with Gasteiger partial charge in [0.2, 0.25) is 0 Å². The van der Waals surface area contributed by atoms with Crippen LogP contribution < -0.4 is 16.0 Å². The van der Waals surface area contributed by atoms with E-state index in [4.69, 9.17) is 4.52 Å². The molecule has 7 nitrogen and oxygen atoms in total. The fraction of sp³-hybridized carbons (Fsp3) is 0.462. The molecule has 114 valence electrons. The molecule has 2 aromatic heterocycles. The van der Waals surface area contributed by atoms with E-state index in [2.05, 4.69) is 26.1 Å². The van der Waals surface area contributed by atoms with Crippen LogP contribution in [-0.2, 0) is 12.0 Å². The fourth-order valence-electron chi connectivity index (χ4n) is 1.52. The highest BCUT2D eigenvalue weighted by Gasteiger charge is 2.20. The summed E-state index contributed by atoms with van der Waals surface area (Å²) in [6.45, 7) is 6.39. The molecule has 0 aliphatic heterocycles. The van der Waals surface area contributed by atoms with Crippen molar-refractivity contribution in [1.29, 1.82) is 0 Å². The van der Waals surface area contributed by atoms with Gasteiger partial charge in [0.05, 0.1) is 12.2 Å². The molecule has 0 atom stereocenters. The van der Waals surface area contributed by atoms with Gasteiger partial charge in [-0.15, -0.1) is 11.3 Å². The molecule has 0 fully saturated rings. The molecule has 0 saturated heterocycles. The van der Waals surface area contributed by atoms with Crippen molar-refractivity contribution in [3.8, 4) is 0 Å². The van der Waals surface area contributed by atoms with Gasteiger partial charge in [0.1, 0.15) is 5.76 Å². The Morgan fingerprint density at radius 3 is 2.76 bits per heavy atom. The molecule has 0 aliphatic rings. The van der Waals surface area contributed by atoms with E-state index in [0.29, 0.717) is 12.4 Å². The van der Waals surface area contributed by atoms with Crippen molar-refractivity contribution in [2.24, 2.45) is 0 Å². The lowest BCUT2D eigenvalue weighted by Gasteiger charge is -2.12. The number of amides is 2. The van der Waals surface area contributed by atoms with Crippen LogP contribution in [0, 0.1) is 0 Å². The monoisotopic (exact) mass is 309 g/mol. The van der Waals surface area contributed by atoms with E-state index in [1.54, 1.807) is 13.1 Å². The highest BCUT2D eigenvalue weighted by atomic mass is 32.1. The zero-order chi connectivity index (χ0) is 15.5. The van der Waals surface area contributed by atoms with Crippen LogP contribution in [0.5, 0.6) is 0 Å². The number of nitrogens with one attached hydrogen (secondary N) is 3. The average molecular weight is 309 g/mol. The normalized spacial score (nSPS) is 11.2. The number of thiazole rings is 1. The molecule has 0 spiro atoms. The van der Waals surface area contributed by atoms with Crippen molar-refractivity contribution in [3.63, 3.8) is 0 Å². The predicted molar refractivity (Wildman–Crippen MR) is 82.7 cm³/mol. The quantitative estimate of drug-likeness (QED) is 0.807. The first-order valence-corrected chi connectivity index (χ1v) is 7.40. The van der Waals surface area contributed by atoms with Crippen LogP contribution >= 0.6 is 11.3 Å². The smallest absolute Gasteiger partial charge is 0.320 e. The predicted octanol–water partition coefficient (Wildman–Crippen LogP) is 2.79. The van der Waals surface area contributed by atoms with E-state index < -0.39 is 0 Å². The van der Waals surface area contributed by atoms with E-state index in [1.165, 1.54) is 11.3 Å². The van der Waals surface area contributed by atoms with Gasteiger partial charge in [-0.1, -0.05) is 25.9 Å². The number of urea groups is 1. The van der Waals surface area contributed by atoms with Crippen LogP contribution in [0.2, 0.25) is 0 Å². The Balaban J connectivity index is 1.85. The molecule has 0 bridgehead atoms. The number of carbonyl (C=O) groups is 1. The molecule has 3 N–H and O–H groups in total. The Morgan fingerprint density at radius 1 is 1.43 bits per heavy atom. The second-order valence-corrected chi connectivity index (χ2v) is 6.39. The Kier molecular flexibility index (Phi) is 4.46. The van der Waals surface area contributed by atoms with Crippen molar-refractivity contribution in [2.45, 2.75) is 32.7 Å². The van der Waals surface area contributed by atoms with Crippen LogP contribution in [-0.4, -0.2) is 23.2 Å². The van der Waals surface area contributed by atoms with Gasteiger partial charge in [-0.3, -0.25) is 5.32 Å². The van der Waals surface area contributed by atoms with E-state index >= 15 is 0 Å². The second-order valence-electron chi connectivity index (χ2n) is 5.53. The maximum Gasteiger partial charge on any atom is 0.320 e. The number of carbonyl (C=O) groups excluding carboxylic acids is 1. The molecule has 0 saturated carbocycles. The summed E-state index contributed by atoms with van der Waals surface area (Å²) in [4.78, 5) is 16.1. The van der Waals surface area contributed by atoms with Gasteiger partial charge < -0.3 is 15.2 Å². The van der Waals surface area contributed by atoms with Gasteiger partial charge >= 0.3 is 6.03 Å². The third kappa shape index (κ3) is 4.19. The topological polar surface area (TPSA) is 92.1 Å². The van der Waals surface area contributed by atoms with Crippen molar-refractivity contribution >= 4 is 28.3 Å². The summed E-state index contributed by atoms with van der Waals surface area (Å²) >= 11 is 1.49. The third-order valence-electron chi connectivity index (χ3n) is 2.69. The summed E-state index contributed by atoms with van der Waals surface area (Å²) in [5.74, 6) is 1.11. The van der Waals surface area contributed by atoms with Gasteiger partial charge in [-0.05, 0) is 0 Å². The molecule has 2 aromatic rings. The number of hydrogen-bond donors (Lipinski definition) is 3. The maximum absolute atomic E-state index is 11.8. The largest absolute Gasteiger partial charge is 0.365 e. The first-order valence-electron chi connectivity index (χ1n) is 6.52. The average Bonchev–Trinajstić information content (AvgIpc) is 3.04. The Morgan fingerprint density at radius 2 is 2.19 bits per heavy atom. The van der Waals surface area contributed by atoms with Gasteiger partial charge in [-0.25, -0.2) is 9.78 Å². The zero-order valence-corrected chi connectivity index (χ0v) is 13.3. The summed E-state index contributed by atoms with van der Waals surface area (Å²) in [6, 6.07) is 1.38. The lowest BCUT2D eigenvalue weighted by Crippen LogP contribution is -2.28. The van der Waals surface area contributed by atoms with E-state index in [0.717, 1.165) is 16.6 Å². The summed E-state index contributed by atoms with van der Waals surface area (Å²) < 4.78 is 5.20. The lowest BCUT2D eigenvalue weighted by molar-refractivity contribution is 0.251. The molecule has 2 heterocycles. The first-order chi connectivity index (χ1) is 9.88. The van der Waals surface area contributed by atoms with Gasteiger partial charge in [0.25, 0.3) is 0 Å². The van der Waals surface area contributed by atoms with Crippen molar-refractivity contribution < 1.29 is 9.32 Å². The molecular formula is C13H19N5O2S. The maximum atomic E-state index is 11.8. The van der Waals surface area contributed by atoms with Crippen molar-refractivity contribution in [2.75, 3.05) is 17.7 Å². The molecule has 2 rings (SSSR count). The SMILES string of the molecule is CNc1nc(CNC(=O)Nc2cc(C(C)(C)C)on2)cs1. The van der Waals surface area contributed by atoms with E-state index in [9.17, 15) is 4.79 Å². The minimum Gasteiger partial charge on any atom is -0.365 e. The molecule has 21 heavy (non-hydrogen) atoms. The highest BCUT2D eigenvalue weighted by Crippen LogP contribution is 2.24. The van der Waals surface area contributed by atoms with Crippen LogP contribution in [0.4, 0.5) is 15.7 Å². The molecular weight excluding hydrogens is 290 g/mol. The van der Waals surface area contributed by atoms with Gasteiger partial charge in [0.15, 0.2) is 10.9 Å². The molecule has 2 amide bonds. The highest BCUT2D eigenvalue weighted by molar-refractivity contribution is 7.13. The van der Waals surface area contributed by atoms with Gasteiger partial charge in [0, 0.05) is 23.9 Å². The number of hydrogen-bond acceptors (Lipinski definition) is 6. The minimum atomic E-state index is -0.345.